The predicted octanol–water partition coefficient (Wildman–Crippen LogP) is 4.60. The monoisotopic (exact) mass is 432 g/mol. The van der Waals surface area contributed by atoms with Crippen molar-refractivity contribution in [2.24, 2.45) is 0 Å². The summed E-state index contributed by atoms with van der Waals surface area (Å²) in [4.78, 5) is 15.0. The topological polar surface area (TPSA) is 79.6 Å². The van der Waals surface area contributed by atoms with Gasteiger partial charge in [-0.15, -0.1) is 0 Å². The number of nitrogens with zero attached hydrogens (tertiary/aromatic N) is 1. The molecule has 1 N–H and O–H groups in total. The Labute approximate surface area is 179 Å². The zero-order valence-corrected chi connectivity index (χ0v) is 19.0. The number of hydrogen-bond acceptors (Lipinski definition) is 4. The molecule has 0 bridgehead atoms. The average Bonchev–Trinajstić information content (AvgIpc) is 3.26. The number of fused-ring (bicyclic) bond motifs is 1. The third kappa shape index (κ3) is 3.89. The number of aryl methyl sites for hydroxylation is 2. The van der Waals surface area contributed by atoms with Gasteiger partial charge in [-0.05, 0) is 63.6 Å². The fourth-order valence-corrected chi connectivity index (χ4v) is 6.56. The lowest BCUT2D eigenvalue weighted by Crippen LogP contribution is -2.35. The molecule has 1 amide bonds. The number of furan rings is 1. The highest BCUT2D eigenvalue weighted by atomic mass is 32.2. The van der Waals surface area contributed by atoms with Gasteiger partial charge in [0.25, 0.3) is 5.91 Å². The Balaban J connectivity index is 1.79. The Morgan fingerprint density at radius 2 is 1.63 bits per heavy atom. The predicted molar refractivity (Wildman–Crippen MR) is 117 cm³/mol. The van der Waals surface area contributed by atoms with E-state index in [1.54, 1.807) is 4.90 Å². The van der Waals surface area contributed by atoms with Crippen molar-refractivity contribution in [1.29, 1.82) is 0 Å². The average molecular weight is 433 g/mol. The maximum absolute atomic E-state index is 13.5. The normalized spacial score (nSPS) is 18.8. The van der Waals surface area contributed by atoms with E-state index in [9.17, 15) is 13.2 Å². The summed E-state index contributed by atoms with van der Waals surface area (Å²) in [5, 5.41) is 0.710. The van der Waals surface area contributed by atoms with Gasteiger partial charge < -0.3 is 9.32 Å². The Kier molecular flexibility index (Phi) is 5.95. The first-order chi connectivity index (χ1) is 14.3. The largest absolute Gasteiger partial charge is 0.449 e. The second kappa shape index (κ2) is 8.35. The van der Waals surface area contributed by atoms with Crippen LogP contribution in [0.15, 0.2) is 15.4 Å². The molecule has 0 atom stereocenters. The zero-order valence-electron chi connectivity index (χ0n) is 18.2. The van der Waals surface area contributed by atoms with Gasteiger partial charge in [0.05, 0.1) is 0 Å². The number of benzene rings is 1. The summed E-state index contributed by atoms with van der Waals surface area (Å²) >= 11 is 0. The van der Waals surface area contributed by atoms with Crippen LogP contribution in [-0.4, -0.2) is 38.4 Å². The van der Waals surface area contributed by atoms with Gasteiger partial charge in [-0.1, -0.05) is 25.7 Å². The van der Waals surface area contributed by atoms with E-state index in [0.717, 1.165) is 75.6 Å². The van der Waals surface area contributed by atoms with Crippen LogP contribution in [0.25, 0.3) is 11.0 Å². The van der Waals surface area contributed by atoms with Crippen molar-refractivity contribution >= 4 is 26.9 Å². The summed E-state index contributed by atoms with van der Waals surface area (Å²) in [7, 11) is -3.77. The molecule has 1 saturated heterocycles. The number of carbonyl (C=O) groups is 1. The second-order valence-corrected chi connectivity index (χ2v) is 10.5. The maximum Gasteiger partial charge on any atom is 0.289 e. The number of amides is 1. The Hall–Kier alpha value is -1.86. The van der Waals surface area contributed by atoms with Gasteiger partial charge in [0.15, 0.2) is 11.3 Å². The number of sulfonamides is 1. The minimum absolute atomic E-state index is 0.0470. The first kappa shape index (κ1) is 21.4. The molecule has 2 heterocycles. The van der Waals surface area contributed by atoms with Crippen molar-refractivity contribution in [2.75, 3.05) is 13.1 Å². The van der Waals surface area contributed by atoms with Crippen molar-refractivity contribution < 1.29 is 17.6 Å². The van der Waals surface area contributed by atoms with Crippen LogP contribution in [0.1, 0.15) is 78.6 Å². The maximum atomic E-state index is 13.5. The van der Waals surface area contributed by atoms with Crippen LogP contribution in [-0.2, 0) is 10.0 Å². The standard InChI is InChI=1S/C23H32N2O4S/c1-15-14-19-17(3)20(23(26)25-12-8-9-13-25)29-21(19)22(16(15)2)30(27,28)24-18-10-6-4-5-7-11-18/h14,18,24H,4-13H2,1-3H3. The van der Waals surface area contributed by atoms with Crippen molar-refractivity contribution in [2.45, 2.75) is 83.1 Å². The molecule has 164 valence electrons. The summed E-state index contributed by atoms with van der Waals surface area (Å²) in [6.45, 7) is 7.02. The fourth-order valence-electron chi connectivity index (χ4n) is 4.81. The van der Waals surface area contributed by atoms with Gasteiger partial charge in [0, 0.05) is 30.1 Å². The van der Waals surface area contributed by atoms with Crippen LogP contribution in [0.4, 0.5) is 0 Å². The second-order valence-electron chi connectivity index (χ2n) is 8.89. The highest BCUT2D eigenvalue weighted by Crippen LogP contribution is 2.36. The van der Waals surface area contributed by atoms with Crippen LogP contribution in [0.3, 0.4) is 0 Å². The lowest BCUT2D eigenvalue weighted by molar-refractivity contribution is 0.0762. The molecule has 1 saturated carbocycles. The Bertz CT molecular complexity index is 1060. The Morgan fingerprint density at radius 1 is 1.00 bits per heavy atom. The van der Waals surface area contributed by atoms with E-state index >= 15 is 0 Å². The van der Waals surface area contributed by atoms with Crippen molar-refractivity contribution in [3.63, 3.8) is 0 Å². The number of nitrogens with one attached hydrogen (secondary N) is 1. The molecule has 1 aliphatic carbocycles. The molecule has 0 radical (unpaired) electrons. The molecule has 1 aromatic carbocycles. The van der Waals surface area contributed by atoms with Crippen molar-refractivity contribution in [3.05, 3.63) is 28.5 Å². The minimum Gasteiger partial charge on any atom is -0.449 e. The van der Waals surface area contributed by atoms with Crippen LogP contribution in [0.5, 0.6) is 0 Å². The van der Waals surface area contributed by atoms with E-state index in [4.69, 9.17) is 4.42 Å². The molecule has 4 rings (SSSR count). The van der Waals surface area contributed by atoms with Gasteiger partial charge >= 0.3 is 0 Å². The number of likely N-dealkylation sites (tertiary alicyclic amines) is 1. The summed E-state index contributed by atoms with van der Waals surface area (Å²) in [5.41, 5.74) is 2.58. The quantitative estimate of drug-likeness (QED) is 0.717. The van der Waals surface area contributed by atoms with Crippen LogP contribution >= 0.6 is 0 Å². The van der Waals surface area contributed by atoms with E-state index in [1.165, 1.54) is 0 Å². The molecular weight excluding hydrogens is 400 g/mol. The molecule has 2 aliphatic rings. The first-order valence-electron chi connectivity index (χ1n) is 11.1. The van der Waals surface area contributed by atoms with Crippen molar-refractivity contribution in [3.8, 4) is 0 Å². The summed E-state index contributed by atoms with van der Waals surface area (Å²) < 4.78 is 35.9. The van der Waals surface area contributed by atoms with Gasteiger partial charge in [-0.3, -0.25) is 4.79 Å². The molecule has 6 nitrogen and oxygen atoms in total. The third-order valence-corrected chi connectivity index (χ3v) is 8.40. The first-order valence-corrected chi connectivity index (χ1v) is 12.6. The van der Waals surface area contributed by atoms with E-state index in [0.29, 0.717) is 16.5 Å². The number of hydrogen-bond donors (Lipinski definition) is 1. The van der Waals surface area contributed by atoms with Gasteiger partial charge in [0.1, 0.15) is 4.90 Å². The lowest BCUT2D eigenvalue weighted by atomic mass is 10.0. The van der Waals surface area contributed by atoms with Crippen LogP contribution in [0.2, 0.25) is 0 Å². The highest BCUT2D eigenvalue weighted by molar-refractivity contribution is 7.89. The fraction of sp³-hybridized carbons (Fsp3) is 0.609. The molecule has 1 aromatic heterocycles. The molecule has 0 spiro atoms. The highest BCUT2D eigenvalue weighted by Gasteiger charge is 2.31. The SMILES string of the molecule is Cc1cc2c(C)c(C(=O)N3CCCC3)oc2c(S(=O)(=O)NC2CCCCCC2)c1C. The molecular formula is C23H32N2O4S. The number of rotatable bonds is 4. The summed E-state index contributed by atoms with van der Waals surface area (Å²) in [6, 6.07) is 1.89. The number of carbonyl (C=O) groups excluding carboxylic acids is 1. The van der Waals surface area contributed by atoms with Crippen LogP contribution in [0, 0.1) is 20.8 Å². The van der Waals surface area contributed by atoms with Crippen LogP contribution < -0.4 is 4.72 Å². The molecule has 30 heavy (non-hydrogen) atoms. The summed E-state index contributed by atoms with van der Waals surface area (Å²) in [6.07, 6.45) is 8.12. The van der Waals surface area contributed by atoms with Gasteiger partial charge in [0.2, 0.25) is 10.0 Å². The molecule has 2 aromatic rings. The smallest absolute Gasteiger partial charge is 0.289 e. The van der Waals surface area contributed by atoms with Gasteiger partial charge in [-0.2, -0.15) is 0 Å². The minimum atomic E-state index is -3.77. The van der Waals surface area contributed by atoms with E-state index in [1.807, 2.05) is 26.8 Å². The molecule has 1 aliphatic heterocycles. The lowest BCUT2D eigenvalue weighted by Gasteiger charge is -2.18. The molecule has 2 fully saturated rings. The molecule has 0 unspecified atom stereocenters. The third-order valence-electron chi connectivity index (χ3n) is 6.73. The Morgan fingerprint density at radius 3 is 2.27 bits per heavy atom. The molecule has 7 heteroatoms. The van der Waals surface area contributed by atoms with E-state index in [-0.39, 0.29) is 22.6 Å². The zero-order chi connectivity index (χ0) is 21.5. The van der Waals surface area contributed by atoms with E-state index < -0.39 is 10.0 Å². The van der Waals surface area contributed by atoms with Crippen molar-refractivity contribution in [1.82, 2.24) is 9.62 Å². The summed E-state index contributed by atoms with van der Waals surface area (Å²) in [5.74, 6) is 0.124. The van der Waals surface area contributed by atoms with Gasteiger partial charge in [-0.25, -0.2) is 13.1 Å². The van der Waals surface area contributed by atoms with E-state index in [2.05, 4.69) is 4.72 Å².